The smallest absolute Gasteiger partial charge is 0.408 e. The van der Waals surface area contributed by atoms with Crippen LogP contribution >= 0.6 is 0 Å². The highest BCUT2D eigenvalue weighted by atomic mass is 16.6. The van der Waals surface area contributed by atoms with Crippen LogP contribution in [-0.2, 0) is 14.3 Å². The van der Waals surface area contributed by atoms with Crippen LogP contribution in [0, 0.1) is 0 Å². The third-order valence-corrected chi connectivity index (χ3v) is 2.93. The van der Waals surface area contributed by atoms with E-state index in [0.717, 1.165) is 0 Å². The van der Waals surface area contributed by atoms with Gasteiger partial charge < -0.3 is 19.9 Å². The molecule has 1 fully saturated rings. The lowest BCUT2D eigenvalue weighted by molar-refractivity contribution is -0.151. The van der Waals surface area contributed by atoms with Crippen molar-refractivity contribution in [2.75, 3.05) is 0 Å². The predicted molar refractivity (Wildman–Crippen MR) is 73.2 cm³/mol. The zero-order valence-corrected chi connectivity index (χ0v) is 12.6. The van der Waals surface area contributed by atoms with Gasteiger partial charge in [-0.2, -0.15) is 0 Å². The fourth-order valence-corrected chi connectivity index (χ4v) is 2.09. The van der Waals surface area contributed by atoms with Crippen molar-refractivity contribution in [2.45, 2.75) is 77.2 Å². The Morgan fingerprint density at radius 1 is 1.40 bits per heavy atom. The van der Waals surface area contributed by atoms with Crippen molar-refractivity contribution in [1.82, 2.24) is 5.32 Å². The highest BCUT2D eigenvalue weighted by molar-refractivity contribution is 5.81. The number of ether oxygens (including phenoxy) is 2. The first-order valence-corrected chi connectivity index (χ1v) is 7.05. The van der Waals surface area contributed by atoms with E-state index in [-0.39, 0.29) is 6.10 Å². The molecule has 116 valence electrons. The van der Waals surface area contributed by atoms with Gasteiger partial charge in [-0.1, -0.05) is 0 Å². The molecule has 0 aliphatic carbocycles. The number of esters is 1. The average Bonchev–Trinajstić information content (AvgIpc) is 2.28. The Balaban J connectivity index is 2.61. The molecule has 0 radical (unpaired) electrons. The molecule has 1 heterocycles. The van der Waals surface area contributed by atoms with E-state index in [1.165, 1.54) is 0 Å². The summed E-state index contributed by atoms with van der Waals surface area (Å²) in [5, 5.41) is 12.3. The predicted octanol–water partition coefficient (Wildman–Crippen LogP) is 1.75. The molecule has 0 aromatic rings. The van der Waals surface area contributed by atoms with Gasteiger partial charge in [0.05, 0.1) is 6.10 Å². The number of aliphatic hydroxyl groups excluding tert-OH is 1. The highest BCUT2D eigenvalue weighted by Gasteiger charge is 2.28. The first kappa shape index (κ1) is 16.8. The summed E-state index contributed by atoms with van der Waals surface area (Å²) < 4.78 is 10.3. The summed E-state index contributed by atoms with van der Waals surface area (Å²) in [4.78, 5) is 23.7. The molecule has 0 aromatic carbocycles. The molecule has 6 nitrogen and oxygen atoms in total. The van der Waals surface area contributed by atoms with E-state index in [0.29, 0.717) is 25.7 Å². The zero-order chi connectivity index (χ0) is 15.3. The van der Waals surface area contributed by atoms with Crippen LogP contribution in [0.15, 0.2) is 0 Å². The minimum atomic E-state index is -0.724. The van der Waals surface area contributed by atoms with Crippen molar-refractivity contribution in [3.05, 3.63) is 0 Å². The quantitative estimate of drug-likeness (QED) is 0.718. The van der Waals surface area contributed by atoms with Gasteiger partial charge in [0, 0.05) is 6.42 Å². The summed E-state index contributed by atoms with van der Waals surface area (Å²) in [5.41, 5.74) is -0.615. The molecule has 6 heteroatoms. The van der Waals surface area contributed by atoms with Crippen LogP contribution in [0.25, 0.3) is 0 Å². The Labute approximate surface area is 119 Å². The number of aliphatic hydroxyl groups is 1. The van der Waals surface area contributed by atoms with Crippen molar-refractivity contribution in [2.24, 2.45) is 0 Å². The number of cyclic esters (lactones) is 1. The van der Waals surface area contributed by atoms with E-state index in [4.69, 9.17) is 9.47 Å². The molecule has 0 aromatic heterocycles. The SMILES string of the molecule is CC1CC(O)CCC[C@H](NC(=O)OC(C)(C)C)C(=O)O1. The van der Waals surface area contributed by atoms with E-state index >= 15 is 0 Å². The van der Waals surface area contributed by atoms with Crippen LogP contribution in [0.4, 0.5) is 4.79 Å². The average molecular weight is 287 g/mol. The molecule has 1 aliphatic heterocycles. The lowest BCUT2D eigenvalue weighted by Gasteiger charge is -2.23. The van der Waals surface area contributed by atoms with Crippen LogP contribution in [0.1, 0.15) is 53.4 Å². The van der Waals surface area contributed by atoms with Gasteiger partial charge in [0.1, 0.15) is 17.7 Å². The highest BCUT2D eigenvalue weighted by Crippen LogP contribution is 2.16. The third kappa shape index (κ3) is 6.23. The molecule has 0 spiro atoms. The minimum Gasteiger partial charge on any atom is -0.461 e. The number of amides is 1. The lowest BCUT2D eigenvalue weighted by atomic mass is 10.0. The van der Waals surface area contributed by atoms with Crippen LogP contribution in [0.2, 0.25) is 0 Å². The minimum absolute atomic E-state index is 0.362. The van der Waals surface area contributed by atoms with Crippen LogP contribution in [0.3, 0.4) is 0 Å². The number of hydrogen-bond acceptors (Lipinski definition) is 5. The molecule has 2 N–H and O–H groups in total. The van der Waals surface area contributed by atoms with E-state index in [1.54, 1.807) is 27.7 Å². The molecular formula is C14H25NO5. The molecule has 20 heavy (non-hydrogen) atoms. The van der Waals surface area contributed by atoms with Gasteiger partial charge in [0.2, 0.25) is 0 Å². The molecule has 0 saturated carbocycles. The molecule has 2 unspecified atom stereocenters. The van der Waals surface area contributed by atoms with Gasteiger partial charge in [-0.15, -0.1) is 0 Å². The Morgan fingerprint density at radius 3 is 2.65 bits per heavy atom. The van der Waals surface area contributed by atoms with E-state index in [2.05, 4.69) is 5.32 Å². The maximum Gasteiger partial charge on any atom is 0.408 e. The van der Waals surface area contributed by atoms with Crippen molar-refractivity contribution in [3.63, 3.8) is 0 Å². The standard InChI is InChI=1S/C14H25NO5/c1-9-8-10(16)6-5-7-11(12(17)19-9)15-13(18)20-14(2,3)4/h9-11,16H,5-8H2,1-4H3,(H,15,18)/t9?,10?,11-/m0/s1. The maximum absolute atomic E-state index is 12.0. The third-order valence-electron chi connectivity index (χ3n) is 2.93. The lowest BCUT2D eigenvalue weighted by Crippen LogP contribution is -2.44. The van der Waals surface area contributed by atoms with Gasteiger partial charge in [0.15, 0.2) is 0 Å². The monoisotopic (exact) mass is 287 g/mol. The Hall–Kier alpha value is -1.30. The topological polar surface area (TPSA) is 84.9 Å². The van der Waals surface area contributed by atoms with Crippen LogP contribution in [0.5, 0.6) is 0 Å². The molecular weight excluding hydrogens is 262 g/mol. The van der Waals surface area contributed by atoms with Crippen molar-refractivity contribution < 1.29 is 24.2 Å². The summed E-state index contributed by atoms with van der Waals surface area (Å²) in [6, 6.07) is -0.724. The largest absolute Gasteiger partial charge is 0.461 e. The van der Waals surface area contributed by atoms with Crippen LogP contribution in [-0.4, -0.2) is 41.0 Å². The summed E-state index contributed by atoms with van der Waals surface area (Å²) in [6.45, 7) is 7.00. The second-order valence-corrected chi connectivity index (χ2v) is 6.27. The van der Waals surface area contributed by atoms with Crippen LogP contribution < -0.4 is 5.32 Å². The second-order valence-electron chi connectivity index (χ2n) is 6.27. The number of rotatable bonds is 1. The van der Waals surface area contributed by atoms with Gasteiger partial charge >= 0.3 is 12.1 Å². The van der Waals surface area contributed by atoms with E-state index in [9.17, 15) is 14.7 Å². The summed E-state index contributed by atoms with van der Waals surface area (Å²) in [5.74, 6) is -0.475. The van der Waals surface area contributed by atoms with Gasteiger partial charge in [-0.3, -0.25) is 0 Å². The molecule has 0 bridgehead atoms. The van der Waals surface area contributed by atoms with E-state index < -0.39 is 29.8 Å². The number of nitrogens with one attached hydrogen (secondary N) is 1. The summed E-state index contributed by atoms with van der Waals surface area (Å²) >= 11 is 0. The second kappa shape index (κ2) is 6.92. The molecule has 1 amide bonds. The summed E-state index contributed by atoms with van der Waals surface area (Å²) in [6.07, 6.45) is 0.618. The van der Waals surface area contributed by atoms with Crippen molar-refractivity contribution in [3.8, 4) is 0 Å². The normalized spacial score (nSPS) is 28.6. The van der Waals surface area contributed by atoms with E-state index in [1.807, 2.05) is 0 Å². The Bertz CT molecular complexity index is 350. The Kier molecular flexibility index (Phi) is 5.80. The maximum atomic E-state index is 12.0. The number of hydrogen-bond donors (Lipinski definition) is 2. The number of carbonyl (C=O) groups excluding carboxylic acids is 2. The van der Waals surface area contributed by atoms with Crippen molar-refractivity contribution in [1.29, 1.82) is 0 Å². The molecule has 1 saturated heterocycles. The summed E-state index contributed by atoms with van der Waals surface area (Å²) in [7, 11) is 0. The number of alkyl carbamates (subject to hydrolysis) is 1. The zero-order valence-electron chi connectivity index (χ0n) is 12.6. The van der Waals surface area contributed by atoms with Gasteiger partial charge in [-0.25, -0.2) is 9.59 Å². The van der Waals surface area contributed by atoms with Gasteiger partial charge in [0.25, 0.3) is 0 Å². The fraction of sp³-hybridized carbons (Fsp3) is 0.857. The fourth-order valence-electron chi connectivity index (χ4n) is 2.09. The molecule has 1 rings (SSSR count). The first-order valence-electron chi connectivity index (χ1n) is 7.05. The Morgan fingerprint density at radius 2 is 2.05 bits per heavy atom. The first-order chi connectivity index (χ1) is 9.17. The number of carbonyl (C=O) groups is 2. The van der Waals surface area contributed by atoms with Gasteiger partial charge in [-0.05, 0) is 47.0 Å². The molecule has 1 aliphatic rings. The molecule has 3 atom stereocenters. The van der Waals surface area contributed by atoms with Crippen molar-refractivity contribution >= 4 is 12.1 Å².